The van der Waals surface area contributed by atoms with Crippen molar-refractivity contribution in [3.8, 4) is 0 Å². The van der Waals surface area contributed by atoms with Crippen molar-refractivity contribution in [2.75, 3.05) is 18.8 Å². The Morgan fingerprint density at radius 1 is 1.69 bits per heavy atom. The molecule has 1 saturated heterocycles. The highest BCUT2D eigenvalue weighted by Crippen LogP contribution is 2.17. The Morgan fingerprint density at radius 2 is 2.50 bits per heavy atom. The fourth-order valence-corrected chi connectivity index (χ4v) is 2.01. The van der Waals surface area contributed by atoms with Gasteiger partial charge in [-0.1, -0.05) is 0 Å². The molecule has 2 heterocycles. The predicted molar refractivity (Wildman–Crippen MR) is 59.3 cm³/mol. The topological polar surface area (TPSA) is 93.5 Å². The number of anilines is 1. The lowest BCUT2D eigenvalue weighted by molar-refractivity contribution is 0.0920. The van der Waals surface area contributed by atoms with E-state index in [2.05, 4.69) is 10.6 Å². The van der Waals surface area contributed by atoms with Crippen LogP contribution in [0, 0.1) is 0 Å². The molecule has 1 aliphatic heterocycles. The summed E-state index contributed by atoms with van der Waals surface area (Å²) in [6.45, 7) is 0.723. The number of cyclic esters (lactones) is 1. The minimum absolute atomic E-state index is 0.204. The van der Waals surface area contributed by atoms with Gasteiger partial charge in [-0.25, -0.2) is 4.79 Å². The average Bonchev–Trinajstić information content (AvgIpc) is 2.84. The average molecular weight is 241 g/mol. The van der Waals surface area contributed by atoms with Crippen LogP contribution in [0.15, 0.2) is 12.1 Å². The van der Waals surface area contributed by atoms with Gasteiger partial charge in [0.05, 0.1) is 23.0 Å². The molecule has 2 amide bonds. The molecule has 1 aromatic heterocycles. The maximum absolute atomic E-state index is 11.6. The van der Waals surface area contributed by atoms with E-state index in [-0.39, 0.29) is 12.0 Å². The molecular weight excluding hydrogens is 230 g/mol. The quantitative estimate of drug-likeness (QED) is 0.703. The number of hydrogen-bond donors (Lipinski definition) is 3. The highest BCUT2D eigenvalue weighted by Gasteiger charge is 2.22. The molecule has 16 heavy (non-hydrogen) atoms. The number of amides is 2. The Hall–Kier alpha value is -1.76. The van der Waals surface area contributed by atoms with Gasteiger partial charge in [-0.15, -0.1) is 11.3 Å². The molecule has 2 rings (SSSR count). The maximum atomic E-state index is 11.6. The second-order valence-corrected chi connectivity index (χ2v) is 4.44. The van der Waals surface area contributed by atoms with Crippen molar-refractivity contribution < 1.29 is 14.3 Å². The van der Waals surface area contributed by atoms with Crippen LogP contribution in [-0.2, 0) is 4.74 Å². The number of carbonyl (C=O) groups is 2. The predicted octanol–water partition coefficient (Wildman–Crippen LogP) is 0.169. The van der Waals surface area contributed by atoms with E-state index in [4.69, 9.17) is 10.5 Å². The van der Waals surface area contributed by atoms with Gasteiger partial charge in [-0.05, 0) is 12.1 Å². The largest absolute Gasteiger partial charge is 0.442 e. The number of carbonyl (C=O) groups excluding carboxylic acids is 2. The van der Waals surface area contributed by atoms with Gasteiger partial charge in [0.15, 0.2) is 0 Å². The highest BCUT2D eigenvalue weighted by atomic mass is 32.1. The first-order chi connectivity index (χ1) is 7.65. The molecule has 4 N–H and O–H groups in total. The molecule has 1 aliphatic rings. The second kappa shape index (κ2) is 4.40. The van der Waals surface area contributed by atoms with Crippen LogP contribution in [0.4, 0.5) is 9.80 Å². The van der Waals surface area contributed by atoms with E-state index in [9.17, 15) is 9.59 Å². The van der Waals surface area contributed by atoms with Gasteiger partial charge in [0.2, 0.25) is 0 Å². The molecule has 6 nitrogen and oxygen atoms in total. The summed E-state index contributed by atoms with van der Waals surface area (Å²) in [5, 5.41) is 5.78. The number of ether oxygens (including phenoxy) is 1. The maximum Gasteiger partial charge on any atom is 0.407 e. The number of nitrogens with one attached hydrogen (secondary N) is 2. The number of nitrogen functional groups attached to an aromatic ring is 1. The van der Waals surface area contributed by atoms with Crippen molar-refractivity contribution in [1.29, 1.82) is 0 Å². The smallest absolute Gasteiger partial charge is 0.407 e. The van der Waals surface area contributed by atoms with Gasteiger partial charge >= 0.3 is 6.09 Å². The molecule has 86 valence electrons. The zero-order valence-electron chi connectivity index (χ0n) is 8.36. The van der Waals surface area contributed by atoms with Gasteiger partial charge in [0.25, 0.3) is 5.91 Å². The van der Waals surface area contributed by atoms with Crippen LogP contribution >= 0.6 is 11.3 Å². The third-order valence-corrected chi connectivity index (χ3v) is 3.00. The summed E-state index contributed by atoms with van der Waals surface area (Å²) >= 11 is 1.22. The van der Waals surface area contributed by atoms with E-state index >= 15 is 0 Å². The van der Waals surface area contributed by atoms with E-state index in [0.717, 1.165) is 0 Å². The van der Waals surface area contributed by atoms with Gasteiger partial charge in [0.1, 0.15) is 6.10 Å². The molecule has 1 atom stereocenters. The Morgan fingerprint density at radius 3 is 3.06 bits per heavy atom. The van der Waals surface area contributed by atoms with Gasteiger partial charge in [-0.3, -0.25) is 4.79 Å². The van der Waals surface area contributed by atoms with Crippen molar-refractivity contribution in [3.05, 3.63) is 17.0 Å². The summed E-state index contributed by atoms with van der Waals surface area (Å²) in [4.78, 5) is 22.8. The van der Waals surface area contributed by atoms with E-state index in [1.165, 1.54) is 11.3 Å². The Kier molecular flexibility index (Phi) is 2.95. The van der Waals surface area contributed by atoms with Crippen LogP contribution in [0.1, 0.15) is 9.67 Å². The molecule has 0 radical (unpaired) electrons. The number of nitrogens with two attached hydrogens (primary N) is 1. The minimum atomic E-state index is -0.445. The van der Waals surface area contributed by atoms with Crippen LogP contribution in [0.25, 0.3) is 0 Å². The molecule has 0 aromatic carbocycles. The molecule has 1 unspecified atom stereocenters. The molecule has 0 saturated carbocycles. The summed E-state index contributed by atoms with van der Waals surface area (Å²) in [6.07, 6.45) is -0.742. The van der Waals surface area contributed by atoms with Gasteiger partial charge in [0, 0.05) is 0 Å². The van der Waals surface area contributed by atoms with E-state index < -0.39 is 6.09 Å². The van der Waals surface area contributed by atoms with Gasteiger partial charge < -0.3 is 21.1 Å². The highest BCUT2D eigenvalue weighted by molar-refractivity contribution is 7.17. The second-order valence-electron chi connectivity index (χ2n) is 3.32. The van der Waals surface area contributed by atoms with Gasteiger partial charge in [-0.2, -0.15) is 0 Å². The third kappa shape index (κ3) is 2.43. The van der Waals surface area contributed by atoms with Crippen LogP contribution in [0.2, 0.25) is 0 Å². The summed E-state index contributed by atoms with van der Waals surface area (Å²) < 4.78 is 4.87. The van der Waals surface area contributed by atoms with Crippen LogP contribution in [0.5, 0.6) is 0 Å². The summed E-state index contributed by atoms with van der Waals surface area (Å²) in [5.74, 6) is -0.204. The third-order valence-electron chi connectivity index (χ3n) is 2.09. The fraction of sp³-hybridized carbons (Fsp3) is 0.333. The first-order valence-electron chi connectivity index (χ1n) is 4.73. The first kappa shape index (κ1) is 10.7. The lowest BCUT2D eigenvalue weighted by Gasteiger charge is -2.08. The Balaban J connectivity index is 1.82. The molecule has 7 heteroatoms. The number of thiophene rings is 1. The van der Waals surface area contributed by atoms with Crippen LogP contribution < -0.4 is 16.4 Å². The van der Waals surface area contributed by atoms with Crippen molar-refractivity contribution in [3.63, 3.8) is 0 Å². The molecule has 0 aliphatic carbocycles. The zero-order chi connectivity index (χ0) is 11.5. The van der Waals surface area contributed by atoms with E-state index in [0.29, 0.717) is 23.0 Å². The number of hydrogen-bond acceptors (Lipinski definition) is 5. The first-order valence-corrected chi connectivity index (χ1v) is 5.55. The van der Waals surface area contributed by atoms with E-state index in [1.807, 2.05) is 0 Å². The zero-order valence-corrected chi connectivity index (χ0v) is 9.17. The normalized spacial score (nSPS) is 19.0. The number of rotatable bonds is 3. The van der Waals surface area contributed by atoms with Crippen LogP contribution in [0.3, 0.4) is 0 Å². The lowest BCUT2D eigenvalue weighted by atomic mass is 10.3. The summed E-state index contributed by atoms with van der Waals surface area (Å²) in [7, 11) is 0. The summed E-state index contributed by atoms with van der Waals surface area (Å²) in [5.41, 5.74) is 5.51. The standard InChI is InChI=1S/C9H11N3O3S/c10-7-2-1-6(16-7)8(13)11-3-5-4-12-9(14)15-5/h1-2,5H,3-4,10H2,(H,11,13)(H,12,14). The van der Waals surface area contributed by atoms with Crippen molar-refractivity contribution in [2.45, 2.75) is 6.10 Å². The summed E-state index contributed by atoms with van der Waals surface area (Å²) in [6, 6.07) is 3.34. The van der Waals surface area contributed by atoms with E-state index in [1.54, 1.807) is 12.1 Å². The van der Waals surface area contributed by atoms with Crippen LogP contribution in [-0.4, -0.2) is 31.2 Å². The van der Waals surface area contributed by atoms with Crippen molar-refractivity contribution in [1.82, 2.24) is 10.6 Å². The van der Waals surface area contributed by atoms with Crippen molar-refractivity contribution in [2.24, 2.45) is 0 Å². The SMILES string of the molecule is Nc1ccc(C(=O)NCC2CNC(=O)O2)s1. The Bertz CT molecular complexity index is 418. The molecule has 1 fully saturated rings. The lowest BCUT2D eigenvalue weighted by Crippen LogP contribution is -2.33. The molecule has 0 bridgehead atoms. The minimum Gasteiger partial charge on any atom is -0.442 e. The number of alkyl carbamates (subject to hydrolysis) is 1. The van der Waals surface area contributed by atoms with Crippen molar-refractivity contribution >= 4 is 28.3 Å². The fourth-order valence-electron chi connectivity index (χ4n) is 1.31. The molecule has 1 aromatic rings. The molecule has 0 spiro atoms. The Labute approximate surface area is 95.8 Å². The molecular formula is C9H11N3O3S. The monoisotopic (exact) mass is 241 g/mol.